The maximum Gasteiger partial charge on any atom is 0.259 e. The van der Waals surface area contributed by atoms with E-state index in [1.165, 1.54) is 11.1 Å². The second kappa shape index (κ2) is 7.79. The van der Waals surface area contributed by atoms with Crippen molar-refractivity contribution in [3.05, 3.63) is 59.2 Å². The number of carbonyl (C=O) groups excluding carboxylic acids is 1. The second-order valence-corrected chi connectivity index (χ2v) is 10.7. The van der Waals surface area contributed by atoms with Gasteiger partial charge in [-0.1, -0.05) is 32.0 Å². The van der Waals surface area contributed by atoms with Gasteiger partial charge in [-0.2, -0.15) is 0 Å². The molecule has 174 valence electrons. The van der Waals surface area contributed by atoms with Gasteiger partial charge in [0.15, 0.2) is 0 Å². The maximum atomic E-state index is 13.8. The topological polar surface area (TPSA) is 87.9 Å². The molecule has 1 aliphatic carbocycles. The van der Waals surface area contributed by atoms with E-state index in [1.54, 1.807) is 6.20 Å². The average Bonchev–Trinajstić information content (AvgIpc) is 3.48. The first-order valence-corrected chi connectivity index (χ1v) is 12.1. The number of nitrogens with one attached hydrogen (secondary N) is 1. The lowest BCUT2D eigenvalue weighted by atomic mass is 9.89. The first-order chi connectivity index (χ1) is 16.4. The number of aromatic nitrogens is 4. The number of amides is 1. The summed E-state index contributed by atoms with van der Waals surface area (Å²) in [7, 11) is 0. The molecule has 7 nitrogen and oxygen atoms in total. The molecule has 1 amide bonds. The molecule has 1 saturated carbocycles. The molecule has 1 fully saturated rings. The molecule has 0 unspecified atom stereocenters. The van der Waals surface area contributed by atoms with Crippen LogP contribution in [0.3, 0.4) is 0 Å². The second-order valence-electron chi connectivity index (χ2n) is 10.7. The van der Waals surface area contributed by atoms with Gasteiger partial charge in [-0.3, -0.25) is 4.79 Å². The van der Waals surface area contributed by atoms with Crippen molar-refractivity contribution in [3.8, 4) is 0 Å². The number of rotatable bonds is 4. The van der Waals surface area contributed by atoms with E-state index in [9.17, 15) is 4.79 Å². The minimum Gasteiger partial charge on any atom is -0.346 e. The van der Waals surface area contributed by atoms with Crippen molar-refractivity contribution >= 4 is 33.6 Å². The Morgan fingerprint density at radius 1 is 1.29 bits per heavy atom. The van der Waals surface area contributed by atoms with Crippen LogP contribution in [0, 0.1) is 5.41 Å². The van der Waals surface area contributed by atoms with Crippen LogP contribution in [-0.4, -0.2) is 44.0 Å². The van der Waals surface area contributed by atoms with Gasteiger partial charge in [0.2, 0.25) is 0 Å². The third kappa shape index (κ3) is 3.79. The zero-order valence-electron chi connectivity index (χ0n) is 19.9. The van der Waals surface area contributed by atoms with Crippen LogP contribution in [0.2, 0.25) is 0 Å². The summed E-state index contributed by atoms with van der Waals surface area (Å²) in [5, 5.41) is 6.23. The summed E-state index contributed by atoms with van der Waals surface area (Å²) in [5.74, 6) is 0.457. The van der Waals surface area contributed by atoms with Crippen LogP contribution in [0.4, 0.5) is 0 Å². The summed E-state index contributed by atoms with van der Waals surface area (Å²) in [6.45, 7) is 7.73. The number of pyridine rings is 2. The van der Waals surface area contributed by atoms with Gasteiger partial charge in [-0.05, 0) is 54.9 Å². The van der Waals surface area contributed by atoms with Crippen LogP contribution < -0.4 is 0 Å². The Bertz CT molecular complexity index is 1430. The monoisotopic (exact) mass is 455 g/mol. The molecule has 1 aliphatic heterocycles. The Kier molecular flexibility index (Phi) is 4.83. The predicted octanol–water partition coefficient (Wildman–Crippen LogP) is 5.49. The van der Waals surface area contributed by atoms with Crippen molar-refractivity contribution in [1.82, 2.24) is 25.0 Å². The van der Waals surface area contributed by atoms with Crippen LogP contribution >= 0.6 is 0 Å². The largest absolute Gasteiger partial charge is 0.346 e. The van der Waals surface area contributed by atoms with Crippen LogP contribution in [-0.2, 0) is 6.42 Å². The van der Waals surface area contributed by atoms with Crippen molar-refractivity contribution in [2.24, 2.45) is 5.41 Å². The average molecular weight is 456 g/mol. The number of carbonyl (C=O) groups is 1. The number of hydrogen-bond donors (Lipinski definition) is 1. The fourth-order valence-corrected chi connectivity index (χ4v) is 4.90. The number of fused-ring (bicyclic) bond motifs is 2. The molecule has 0 atom stereocenters. The molecule has 0 aromatic carbocycles. The summed E-state index contributed by atoms with van der Waals surface area (Å²) in [6, 6.07) is 6.04. The number of hydrogen-bond acceptors (Lipinski definition) is 5. The van der Waals surface area contributed by atoms with Crippen molar-refractivity contribution in [3.63, 3.8) is 0 Å². The number of nitrogens with zero attached hydrogens (tertiary/aromatic N) is 4. The van der Waals surface area contributed by atoms with Crippen LogP contribution in [0.25, 0.3) is 27.7 Å². The highest BCUT2D eigenvalue weighted by molar-refractivity contribution is 6.06. The predicted molar refractivity (Wildman–Crippen MR) is 132 cm³/mol. The maximum absolute atomic E-state index is 13.8. The SMILES string of the molecule is CC(C)(C)Cc1noc2nc(C3CC3)cc(C(=O)N3CC=C(c4c[nH]c5ncccc45)CC3)c12. The summed E-state index contributed by atoms with van der Waals surface area (Å²) in [6.07, 6.45) is 9.74. The zero-order chi connectivity index (χ0) is 23.4. The molecule has 5 heterocycles. The molecule has 1 N–H and O–H groups in total. The van der Waals surface area contributed by atoms with E-state index in [2.05, 4.69) is 48.0 Å². The Labute approximate surface area is 198 Å². The number of aromatic amines is 1. The van der Waals surface area contributed by atoms with Gasteiger partial charge in [0.25, 0.3) is 11.6 Å². The third-order valence-corrected chi connectivity index (χ3v) is 6.75. The highest BCUT2D eigenvalue weighted by atomic mass is 16.5. The Morgan fingerprint density at radius 3 is 2.88 bits per heavy atom. The van der Waals surface area contributed by atoms with Crippen molar-refractivity contribution in [1.29, 1.82) is 0 Å². The summed E-state index contributed by atoms with van der Waals surface area (Å²) in [5.41, 5.74) is 6.28. The van der Waals surface area contributed by atoms with E-state index in [-0.39, 0.29) is 11.3 Å². The normalized spacial score (nSPS) is 16.9. The summed E-state index contributed by atoms with van der Waals surface area (Å²) >= 11 is 0. The lowest BCUT2D eigenvalue weighted by Gasteiger charge is -2.27. The molecule has 0 bridgehead atoms. The zero-order valence-corrected chi connectivity index (χ0v) is 19.9. The van der Waals surface area contributed by atoms with Gasteiger partial charge >= 0.3 is 0 Å². The van der Waals surface area contributed by atoms with E-state index in [0.29, 0.717) is 30.3 Å². The van der Waals surface area contributed by atoms with Crippen molar-refractivity contribution in [2.75, 3.05) is 13.1 Å². The fraction of sp³-hybridized carbons (Fsp3) is 0.407. The first kappa shape index (κ1) is 21.1. The van der Waals surface area contributed by atoms with E-state index in [0.717, 1.165) is 53.5 Å². The quantitative estimate of drug-likeness (QED) is 0.439. The molecule has 0 saturated heterocycles. The standard InChI is InChI=1S/C27H29N5O2/c1-27(2,3)14-22-23-19(13-21(17-6-7-17)30-25(23)34-31-22)26(33)32-11-8-16(9-12-32)20-15-29-24-18(20)5-4-10-28-24/h4-5,8,10,13,15,17H,6-7,9,11-12,14H2,1-3H3,(H,28,29). The van der Waals surface area contributed by atoms with Gasteiger partial charge in [-0.15, -0.1) is 0 Å². The van der Waals surface area contributed by atoms with Gasteiger partial charge in [-0.25, -0.2) is 9.97 Å². The summed E-state index contributed by atoms with van der Waals surface area (Å²) in [4.78, 5) is 28.1. The molecule has 0 spiro atoms. The Morgan fingerprint density at radius 2 is 2.15 bits per heavy atom. The molecular weight excluding hydrogens is 426 g/mol. The Hall–Kier alpha value is -3.48. The fourth-order valence-electron chi connectivity index (χ4n) is 4.90. The molecular formula is C27H29N5O2. The molecule has 0 radical (unpaired) electrons. The van der Waals surface area contributed by atoms with Gasteiger partial charge in [0.05, 0.1) is 16.6 Å². The van der Waals surface area contributed by atoms with E-state index in [4.69, 9.17) is 9.51 Å². The van der Waals surface area contributed by atoms with Crippen LogP contribution in [0.5, 0.6) is 0 Å². The van der Waals surface area contributed by atoms with Gasteiger partial charge < -0.3 is 14.4 Å². The molecule has 2 aliphatic rings. The first-order valence-electron chi connectivity index (χ1n) is 12.1. The molecule has 6 rings (SSSR count). The lowest BCUT2D eigenvalue weighted by Crippen LogP contribution is -2.35. The number of H-pyrrole nitrogens is 1. The molecule has 4 aromatic heterocycles. The summed E-state index contributed by atoms with van der Waals surface area (Å²) < 4.78 is 5.65. The van der Waals surface area contributed by atoms with Crippen molar-refractivity contribution in [2.45, 2.75) is 52.4 Å². The molecule has 34 heavy (non-hydrogen) atoms. The third-order valence-electron chi connectivity index (χ3n) is 6.75. The minimum absolute atomic E-state index is 0.0240. The van der Waals surface area contributed by atoms with Gasteiger partial charge in [0.1, 0.15) is 5.65 Å². The van der Waals surface area contributed by atoms with Crippen molar-refractivity contribution < 1.29 is 9.32 Å². The smallest absolute Gasteiger partial charge is 0.259 e. The van der Waals surface area contributed by atoms with E-state index >= 15 is 0 Å². The Balaban J connectivity index is 1.33. The lowest BCUT2D eigenvalue weighted by molar-refractivity contribution is 0.0774. The van der Waals surface area contributed by atoms with Crippen LogP contribution in [0.1, 0.15) is 73.3 Å². The van der Waals surface area contributed by atoms with E-state index < -0.39 is 0 Å². The van der Waals surface area contributed by atoms with Gasteiger partial charge in [0, 0.05) is 48.0 Å². The van der Waals surface area contributed by atoms with E-state index in [1.807, 2.05) is 23.2 Å². The molecule has 4 aromatic rings. The highest BCUT2D eigenvalue weighted by Crippen LogP contribution is 2.41. The minimum atomic E-state index is 0.0240. The highest BCUT2D eigenvalue weighted by Gasteiger charge is 2.31. The van der Waals surface area contributed by atoms with Crippen LogP contribution in [0.15, 0.2) is 41.2 Å². The molecule has 7 heteroatoms.